The van der Waals surface area contributed by atoms with Crippen LogP contribution >= 0.6 is 11.3 Å². The summed E-state index contributed by atoms with van der Waals surface area (Å²) >= 11 is 1.41. The molecule has 0 radical (unpaired) electrons. The summed E-state index contributed by atoms with van der Waals surface area (Å²) in [4.78, 5) is 63.6. The van der Waals surface area contributed by atoms with Gasteiger partial charge in [0.25, 0.3) is 11.8 Å². The fourth-order valence-corrected chi connectivity index (χ4v) is 12.7. The molecule has 0 bridgehead atoms. The van der Waals surface area contributed by atoms with Gasteiger partial charge in [-0.1, -0.05) is 68.7 Å². The number of likely N-dealkylation sites (N-methyl/N-ethyl adjacent to an activating group) is 1. The molecule has 5 aromatic rings. The molecule has 2 saturated heterocycles. The minimum absolute atomic E-state index is 0.0408. The molecule has 10 rings (SSSR count). The highest BCUT2D eigenvalue weighted by Crippen LogP contribution is 2.70. The normalized spacial score (nSPS) is 23.0. The van der Waals surface area contributed by atoms with Gasteiger partial charge in [-0.25, -0.2) is 13.8 Å². The lowest BCUT2D eigenvalue weighted by Crippen LogP contribution is -2.55. The Hall–Kier alpha value is -5.85. The Labute approximate surface area is 423 Å². The number of ether oxygens (including phenoxy) is 1. The number of nitrogens with zero attached hydrogens (tertiary/aromatic N) is 6. The van der Waals surface area contributed by atoms with Crippen LogP contribution in [0.4, 0.5) is 14.5 Å². The summed E-state index contributed by atoms with van der Waals surface area (Å²) in [6.45, 7) is 7.27. The van der Waals surface area contributed by atoms with Crippen molar-refractivity contribution in [3.63, 3.8) is 0 Å². The molecular formula is C54H66F2N10O5S. The molecule has 382 valence electrons. The van der Waals surface area contributed by atoms with Crippen LogP contribution in [-0.2, 0) is 22.4 Å². The van der Waals surface area contributed by atoms with E-state index in [4.69, 9.17) is 14.8 Å². The molecule has 3 aliphatic carbocycles. The Morgan fingerprint density at radius 3 is 2.57 bits per heavy atom. The van der Waals surface area contributed by atoms with E-state index in [0.29, 0.717) is 53.0 Å². The second-order valence-corrected chi connectivity index (χ2v) is 21.9. The van der Waals surface area contributed by atoms with Gasteiger partial charge in [0.15, 0.2) is 5.69 Å². The number of thiazole rings is 1. The highest BCUT2D eigenvalue weighted by atomic mass is 32.1. The monoisotopic (exact) mass is 1000 g/mol. The molecule has 4 fully saturated rings. The van der Waals surface area contributed by atoms with Crippen molar-refractivity contribution in [2.45, 2.75) is 121 Å². The number of rotatable bonds is 20. The van der Waals surface area contributed by atoms with Crippen LogP contribution in [0.15, 0.2) is 72.4 Å². The van der Waals surface area contributed by atoms with Crippen LogP contribution < -0.4 is 20.7 Å². The van der Waals surface area contributed by atoms with Gasteiger partial charge in [-0.05, 0) is 95.5 Å². The van der Waals surface area contributed by atoms with Crippen molar-refractivity contribution >= 4 is 40.5 Å². The van der Waals surface area contributed by atoms with Crippen LogP contribution in [0, 0.1) is 23.2 Å². The number of alkyl halides is 2. The van der Waals surface area contributed by atoms with Crippen LogP contribution in [-0.4, -0.2) is 116 Å². The molecule has 3 aromatic heterocycles. The first-order valence-corrected chi connectivity index (χ1v) is 26.8. The molecule has 3 amide bonds. The molecule has 2 aromatic carbocycles. The first-order valence-electron chi connectivity index (χ1n) is 25.9. The zero-order valence-corrected chi connectivity index (χ0v) is 42.2. The predicted molar refractivity (Wildman–Crippen MR) is 269 cm³/mol. The highest BCUT2D eigenvalue weighted by molar-refractivity contribution is 7.10. The Kier molecular flexibility index (Phi) is 14.5. The summed E-state index contributed by atoms with van der Waals surface area (Å²) in [5, 5.41) is 23.3. The molecule has 5 aliphatic rings. The van der Waals surface area contributed by atoms with Gasteiger partial charge in [-0.3, -0.25) is 29.0 Å². The van der Waals surface area contributed by atoms with Crippen LogP contribution in [0.3, 0.4) is 0 Å². The number of amides is 3. The third-order valence-corrected chi connectivity index (χ3v) is 17.2. The Bertz CT molecular complexity index is 2750. The molecule has 0 spiro atoms. The number of anilines is 1. The highest BCUT2D eigenvalue weighted by Gasteiger charge is 2.78. The Morgan fingerprint density at radius 2 is 1.78 bits per heavy atom. The molecule has 6 atom stereocenters. The van der Waals surface area contributed by atoms with E-state index in [1.807, 2.05) is 46.1 Å². The number of likely N-dealkylation sites (tertiary alicyclic amines) is 2. The van der Waals surface area contributed by atoms with Gasteiger partial charge >= 0.3 is 0 Å². The van der Waals surface area contributed by atoms with Gasteiger partial charge < -0.3 is 30.5 Å². The average Bonchev–Trinajstić information content (AvgIpc) is 4.15. The quantitative estimate of drug-likeness (QED) is 0.0441. The molecule has 5 heterocycles. The second-order valence-electron chi connectivity index (χ2n) is 21.0. The number of carbonyl (C=O) groups is 4. The number of hydrogen-bond acceptors (Lipinski definition) is 11. The number of benzene rings is 2. The van der Waals surface area contributed by atoms with Gasteiger partial charge in [0, 0.05) is 71.7 Å². The van der Waals surface area contributed by atoms with E-state index in [2.05, 4.69) is 43.2 Å². The van der Waals surface area contributed by atoms with E-state index in [1.54, 1.807) is 44.6 Å². The standard InChI is InChI=1S/C54H66F2N10O5S/c1-33(57-3)49(68)61-45(34-15-7-4-8-16-34)52(70)65-23-14-21-43(65)51-60-42(32-72-51)48(67)36-19-13-20-39(25-36)71-24-12-6-11-22-64-29-37(30-64)47(35-17-9-5-10-18-35)66-31-38(28-58-66)59-50(69)46-40-26-44-53(2,54(44,55)56)27-41(40)62-63-46/h5,9-10,13,17-20,25,28,31-34,37,43-45,47,57H,4,6-8,11-12,14-16,21-24,26-27,29-30H2,1-3H3,(H,59,69)(H,61,68)(H,62,63)/t33?,43?,44-,45?,47+,53+/m0/s1. The fourth-order valence-electron chi connectivity index (χ4n) is 11.8. The number of hydrogen-bond donors (Lipinski definition) is 4. The van der Waals surface area contributed by atoms with Crippen LogP contribution in [0.2, 0.25) is 0 Å². The Balaban J connectivity index is 0.678. The summed E-state index contributed by atoms with van der Waals surface area (Å²) in [6, 6.07) is 16.2. The number of ketones is 1. The lowest BCUT2D eigenvalue weighted by atomic mass is 9.83. The molecule has 4 N–H and O–H groups in total. The van der Waals surface area contributed by atoms with E-state index in [0.717, 1.165) is 94.4 Å². The molecule has 15 nitrogen and oxygen atoms in total. The van der Waals surface area contributed by atoms with Crippen molar-refractivity contribution in [2.24, 2.45) is 23.2 Å². The topological polar surface area (TPSA) is 179 Å². The number of aromatic nitrogens is 5. The minimum atomic E-state index is -2.74. The summed E-state index contributed by atoms with van der Waals surface area (Å²) in [7, 11) is 1.74. The number of carbonyl (C=O) groups excluding carboxylic acids is 4. The van der Waals surface area contributed by atoms with Crippen molar-refractivity contribution in [3.8, 4) is 5.75 Å². The van der Waals surface area contributed by atoms with E-state index in [-0.39, 0.29) is 54.1 Å². The van der Waals surface area contributed by atoms with Gasteiger partial charge in [-0.2, -0.15) is 10.2 Å². The molecule has 18 heteroatoms. The zero-order valence-electron chi connectivity index (χ0n) is 41.4. The van der Waals surface area contributed by atoms with Gasteiger partial charge in [0.2, 0.25) is 17.6 Å². The number of fused-ring (bicyclic) bond motifs is 2. The van der Waals surface area contributed by atoms with Crippen LogP contribution in [0.5, 0.6) is 5.75 Å². The third-order valence-electron chi connectivity index (χ3n) is 16.3. The molecule has 3 unspecified atom stereocenters. The van der Waals surface area contributed by atoms with Gasteiger partial charge in [0.05, 0.1) is 36.6 Å². The van der Waals surface area contributed by atoms with Crippen molar-refractivity contribution in [1.29, 1.82) is 0 Å². The summed E-state index contributed by atoms with van der Waals surface area (Å²) in [6.07, 6.45) is 13.3. The predicted octanol–water partition coefficient (Wildman–Crippen LogP) is 8.02. The molecular weight excluding hydrogens is 939 g/mol. The maximum Gasteiger partial charge on any atom is 0.276 e. The number of aromatic amines is 1. The second kappa shape index (κ2) is 20.9. The number of halogens is 2. The van der Waals surface area contributed by atoms with E-state index in [1.165, 1.54) is 11.3 Å². The molecule has 72 heavy (non-hydrogen) atoms. The first kappa shape index (κ1) is 49.7. The van der Waals surface area contributed by atoms with Crippen molar-refractivity contribution in [3.05, 3.63) is 111 Å². The van der Waals surface area contributed by atoms with Crippen LogP contribution in [0.25, 0.3) is 0 Å². The SMILES string of the molecule is CNC(C)C(=O)NC(C(=O)N1CCCC1c1nc(C(=O)c2cccc(OCCCCCN3CC([C@@H](c4ccccc4)n4cc(NC(=O)c5n[nH]c6c5C[C@@H]5C(F)(F)[C@]5(C)C6)cn4)C3)c2)cs1)C1CCCCC1. The van der Waals surface area contributed by atoms with E-state index >= 15 is 0 Å². The number of H-pyrrole nitrogens is 1. The summed E-state index contributed by atoms with van der Waals surface area (Å²) in [5.41, 5.74) is 2.78. The number of unbranched alkanes of at least 4 members (excludes halogenated alkanes) is 2. The molecule has 2 saturated carbocycles. The first-order chi connectivity index (χ1) is 34.8. The lowest BCUT2D eigenvalue weighted by molar-refractivity contribution is -0.139. The smallest absolute Gasteiger partial charge is 0.276 e. The minimum Gasteiger partial charge on any atom is -0.494 e. The van der Waals surface area contributed by atoms with E-state index < -0.39 is 35.2 Å². The zero-order chi connectivity index (χ0) is 50.1. The summed E-state index contributed by atoms with van der Waals surface area (Å²) < 4.78 is 37.1. The molecule has 2 aliphatic heterocycles. The van der Waals surface area contributed by atoms with Gasteiger partial charge in [0.1, 0.15) is 22.5 Å². The third kappa shape index (κ3) is 9.97. The van der Waals surface area contributed by atoms with Gasteiger partial charge in [-0.15, -0.1) is 11.3 Å². The Morgan fingerprint density at radius 1 is 0.972 bits per heavy atom. The van der Waals surface area contributed by atoms with Crippen molar-refractivity contribution < 1.29 is 32.7 Å². The van der Waals surface area contributed by atoms with E-state index in [9.17, 15) is 28.0 Å². The number of nitrogens with one attached hydrogen (secondary N) is 4. The fraction of sp³-hybridized carbons (Fsp3) is 0.537. The lowest BCUT2D eigenvalue weighted by Gasteiger charge is -2.43. The van der Waals surface area contributed by atoms with Crippen LogP contribution in [0.1, 0.15) is 139 Å². The maximum atomic E-state index is 14.5. The average molecular weight is 1010 g/mol. The largest absolute Gasteiger partial charge is 0.494 e. The van der Waals surface area contributed by atoms with Crippen molar-refractivity contribution in [1.82, 2.24) is 45.4 Å². The van der Waals surface area contributed by atoms with Crippen molar-refractivity contribution in [2.75, 3.05) is 45.2 Å². The maximum absolute atomic E-state index is 14.5. The summed E-state index contributed by atoms with van der Waals surface area (Å²) in [5.74, 6) is -3.34.